The molecule has 1 N–H and O–H groups in total. The van der Waals surface area contributed by atoms with Crippen LogP contribution in [0.15, 0.2) is 72.3 Å². The molecule has 1 saturated heterocycles. The van der Waals surface area contributed by atoms with Crippen LogP contribution in [0.4, 0.5) is 4.79 Å². The number of nitrogens with one attached hydrogen (secondary N) is 1. The van der Waals surface area contributed by atoms with Gasteiger partial charge in [-0.1, -0.05) is 75.4 Å². The van der Waals surface area contributed by atoms with Crippen LogP contribution in [0.2, 0.25) is 18.1 Å². The van der Waals surface area contributed by atoms with Crippen LogP contribution in [0, 0.1) is 0 Å². The second-order valence-electron chi connectivity index (χ2n) is 12.3. The van der Waals surface area contributed by atoms with Gasteiger partial charge in [-0.2, -0.15) is 0 Å². The van der Waals surface area contributed by atoms with E-state index >= 15 is 0 Å². The number of amides is 1. The molecule has 0 unspecified atom stereocenters. The van der Waals surface area contributed by atoms with Crippen molar-refractivity contribution in [3.63, 3.8) is 0 Å². The first-order chi connectivity index (χ1) is 18.8. The number of carbonyl (C=O) groups is 2. The van der Waals surface area contributed by atoms with E-state index in [0.29, 0.717) is 11.1 Å². The van der Waals surface area contributed by atoms with Crippen LogP contribution in [0.3, 0.4) is 0 Å². The summed E-state index contributed by atoms with van der Waals surface area (Å²) in [6.07, 6.45) is -0.745. The molecule has 1 aliphatic carbocycles. The minimum absolute atomic E-state index is 0.0190. The molecule has 1 amide bonds. The molecule has 2 aromatic rings. The lowest BCUT2D eigenvalue weighted by Crippen LogP contribution is -2.55. The SMILES string of the molecule is CC1(C)O[C@@H]2[C@H](O1)[C@H](OC(=O)c1ccccc1)C(CO[Si](C)(C)C(C)(C)C)=C[C@H]2NC(=O)OCc1ccccc1. The molecule has 2 aromatic carbocycles. The van der Waals surface area contributed by atoms with E-state index in [9.17, 15) is 9.59 Å². The molecule has 0 bridgehead atoms. The zero-order valence-electron chi connectivity index (χ0n) is 24.4. The van der Waals surface area contributed by atoms with Gasteiger partial charge in [0.25, 0.3) is 0 Å². The largest absolute Gasteiger partial charge is 0.451 e. The van der Waals surface area contributed by atoms with Crippen molar-refractivity contribution in [2.45, 2.75) is 89.5 Å². The summed E-state index contributed by atoms with van der Waals surface area (Å²) in [5, 5.41) is 2.91. The smallest absolute Gasteiger partial charge is 0.408 e. The van der Waals surface area contributed by atoms with Gasteiger partial charge in [0.15, 0.2) is 20.2 Å². The average molecular weight is 568 g/mol. The number of alkyl carbamates (subject to hydrolysis) is 1. The third-order valence-corrected chi connectivity index (χ3v) is 12.2. The Balaban J connectivity index is 1.60. The van der Waals surface area contributed by atoms with E-state index in [1.807, 2.05) is 42.5 Å². The van der Waals surface area contributed by atoms with Crippen molar-refractivity contribution in [3.05, 3.63) is 83.4 Å². The second kappa shape index (κ2) is 11.9. The van der Waals surface area contributed by atoms with Crippen molar-refractivity contribution >= 4 is 20.4 Å². The highest BCUT2D eigenvalue weighted by molar-refractivity contribution is 6.74. The van der Waals surface area contributed by atoms with Crippen LogP contribution in [0.1, 0.15) is 50.5 Å². The maximum atomic E-state index is 13.2. The molecule has 0 radical (unpaired) electrons. The van der Waals surface area contributed by atoms with Gasteiger partial charge >= 0.3 is 12.1 Å². The monoisotopic (exact) mass is 567 g/mol. The molecular weight excluding hydrogens is 526 g/mol. The van der Waals surface area contributed by atoms with Gasteiger partial charge in [-0.15, -0.1) is 0 Å². The van der Waals surface area contributed by atoms with E-state index in [2.05, 4.69) is 39.2 Å². The maximum Gasteiger partial charge on any atom is 0.408 e. The minimum atomic E-state index is -2.15. The number of benzene rings is 2. The Bertz CT molecular complexity index is 1210. The second-order valence-corrected chi connectivity index (χ2v) is 17.1. The van der Waals surface area contributed by atoms with Crippen molar-refractivity contribution in [1.29, 1.82) is 0 Å². The number of ether oxygens (including phenoxy) is 4. The average Bonchev–Trinajstić information content (AvgIpc) is 3.23. The van der Waals surface area contributed by atoms with E-state index < -0.39 is 50.5 Å². The molecule has 40 heavy (non-hydrogen) atoms. The Labute approximate surface area is 238 Å². The molecule has 1 heterocycles. The van der Waals surface area contributed by atoms with Gasteiger partial charge in [0.1, 0.15) is 18.8 Å². The normalized spacial score (nSPS) is 24.0. The van der Waals surface area contributed by atoms with Gasteiger partial charge < -0.3 is 28.7 Å². The summed E-state index contributed by atoms with van der Waals surface area (Å²) in [7, 11) is -2.15. The van der Waals surface area contributed by atoms with E-state index in [1.54, 1.807) is 38.1 Å². The Morgan fingerprint density at radius 2 is 1.52 bits per heavy atom. The zero-order chi connectivity index (χ0) is 29.1. The first-order valence-electron chi connectivity index (χ1n) is 13.7. The van der Waals surface area contributed by atoms with E-state index in [0.717, 1.165) is 5.56 Å². The Morgan fingerprint density at radius 3 is 2.15 bits per heavy atom. The molecule has 0 saturated carbocycles. The van der Waals surface area contributed by atoms with Gasteiger partial charge in [-0.3, -0.25) is 0 Å². The fourth-order valence-electron chi connectivity index (χ4n) is 4.50. The lowest BCUT2D eigenvalue weighted by Gasteiger charge is -2.40. The van der Waals surface area contributed by atoms with Gasteiger partial charge in [0.05, 0.1) is 18.2 Å². The van der Waals surface area contributed by atoms with E-state index in [1.165, 1.54) is 0 Å². The summed E-state index contributed by atoms with van der Waals surface area (Å²) in [6, 6.07) is 17.7. The molecule has 9 heteroatoms. The summed E-state index contributed by atoms with van der Waals surface area (Å²) in [5.74, 6) is -1.42. The number of rotatable bonds is 8. The number of hydrogen-bond acceptors (Lipinski definition) is 7. The summed E-state index contributed by atoms with van der Waals surface area (Å²) in [5.41, 5.74) is 2.03. The lowest BCUT2D eigenvalue weighted by atomic mass is 9.88. The third-order valence-electron chi connectivity index (χ3n) is 7.72. The summed E-state index contributed by atoms with van der Waals surface area (Å²) >= 11 is 0. The molecule has 4 atom stereocenters. The van der Waals surface area contributed by atoms with Crippen LogP contribution in [0.25, 0.3) is 0 Å². The molecule has 0 spiro atoms. The molecule has 1 aliphatic heterocycles. The van der Waals surface area contributed by atoms with E-state index in [-0.39, 0.29) is 18.3 Å². The van der Waals surface area contributed by atoms with Gasteiger partial charge in [-0.25, -0.2) is 9.59 Å². The standard InChI is InChI=1S/C31H41NO7Si/c1-30(2,3)40(6,7)36-20-23-18-24(32-29(34)35-19-21-14-10-8-11-15-21)26-27(39-31(4,5)38-26)25(23)37-28(33)22-16-12-9-13-17-22/h8-18,24-27H,19-20H2,1-7H3,(H,32,34)/t24-,25-,26+,27-/m1/s1. The van der Waals surface area contributed by atoms with Crippen LogP contribution in [-0.2, 0) is 30.0 Å². The summed E-state index contributed by atoms with van der Waals surface area (Å²) in [6.45, 7) is 14.8. The number of hydrogen-bond donors (Lipinski definition) is 1. The Hall–Kier alpha value is -2.98. The summed E-state index contributed by atoms with van der Waals surface area (Å²) in [4.78, 5) is 26.0. The van der Waals surface area contributed by atoms with Crippen LogP contribution < -0.4 is 5.32 Å². The Kier molecular flexibility index (Phi) is 8.89. The van der Waals surface area contributed by atoms with Gasteiger partial charge in [0, 0.05) is 0 Å². The molecule has 216 valence electrons. The highest BCUT2D eigenvalue weighted by atomic mass is 28.4. The number of fused-ring (bicyclic) bond motifs is 1. The Morgan fingerprint density at radius 1 is 0.925 bits per heavy atom. The van der Waals surface area contributed by atoms with Crippen molar-refractivity contribution in [3.8, 4) is 0 Å². The molecule has 2 aliphatic rings. The predicted octanol–water partition coefficient (Wildman–Crippen LogP) is 5.99. The van der Waals surface area contributed by atoms with Crippen molar-refractivity contribution in [1.82, 2.24) is 5.32 Å². The fourth-order valence-corrected chi connectivity index (χ4v) is 5.46. The fraction of sp³-hybridized carbons (Fsp3) is 0.484. The first kappa shape index (κ1) is 30.0. The number of carbonyl (C=O) groups excluding carboxylic acids is 2. The predicted molar refractivity (Wildman–Crippen MR) is 154 cm³/mol. The lowest BCUT2D eigenvalue weighted by molar-refractivity contribution is -0.153. The third kappa shape index (κ3) is 7.20. The van der Waals surface area contributed by atoms with Crippen molar-refractivity contribution in [2.75, 3.05) is 6.61 Å². The minimum Gasteiger partial charge on any atom is -0.451 e. The van der Waals surface area contributed by atoms with Gasteiger partial charge in [-0.05, 0) is 55.2 Å². The maximum absolute atomic E-state index is 13.2. The molecule has 1 fully saturated rings. The zero-order valence-corrected chi connectivity index (χ0v) is 25.4. The molecule has 0 aromatic heterocycles. The first-order valence-corrected chi connectivity index (χ1v) is 16.6. The highest BCUT2D eigenvalue weighted by Gasteiger charge is 2.54. The molecule has 8 nitrogen and oxygen atoms in total. The van der Waals surface area contributed by atoms with Crippen molar-refractivity contribution < 1.29 is 33.0 Å². The highest BCUT2D eigenvalue weighted by Crippen LogP contribution is 2.41. The topological polar surface area (TPSA) is 92.3 Å². The molecular formula is C31H41NO7Si. The van der Waals surface area contributed by atoms with Crippen LogP contribution >= 0.6 is 0 Å². The number of esters is 1. The van der Waals surface area contributed by atoms with E-state index in [4.69, 9.17) is 23.4 Å². The summed E-state index contributed by atoms with van der Waals surface area (Å²) < 4.78 is 30.7. The van der Waals surface area contributed by atoms with Gasteiger partial charge in [0.2, 0.25) is 0 Å². The quantitative estimate of drug-likeness (QED) is 0.238. The van der Waals surface area contributed by atoms with Crippen molar-refractivity contribution in [2.24, 2.45) is 0 Å². The van der Waals surface area contributed by atoms with Crippen LogP contribution in [0.5, 0.6) is 0 Å². The van der Waals surface area contributed by atoms with Crippen LogP contribution in [-0.4, -0.2) is 57.1 Å². The molecule has 4 rings (SSSR count).